The number of anilines is 1. The topological polar surface area (TPSA) is 94.1 Å². The molecular weight excluding hydrogens is 456 g/mol. The molecule has 0 saturated carbocycles. The Morgan fingerprint density at radius 2 is 1.62 bits per heavy atom. The second-order valence-corrected chi connectivity index (χ2v) is 9.87. The monoisotopic (exact) mass is 482 g/mol. The summed E-state index contributed by atoms with van der Waals surface area (Å²) in [4.78, 5) is 2.26. The first-order chi connectivity index (χ1) is 16.5. The van der Waals surface area contributed by atoms with Gasteiger partial charge < -0.3 is 19.1 Å². The Morgan fingerprint density at radius 1 is 0.882 bits per heavy atom. The van der Waals surface area contributed by atoms with Crippen molar-refractivity contribution in [1.82, 2.24) is 14.5 Å². The number of benzene rings is 2. The molecule has 0 bridgehead atoms. The van der Waals surface area contributed by atoms with Gasteiger partial charge in [-0.15, -0.1) is 10.2 Å². The fourth-order valence-corrected chi connectivity index (χ4v) is 5.47. The van der Waals surface area contributed by atoms with Gasteiger partial charge in [0.2, 0.25) is 10.0 Å². The fraction of sp³-hybridized carbons (Fsp3) is 0.333. The minimum Gasteiger partial charge on any atom is -0.494 e. The number of piperazine rings is 1. The lowest BCUT2D eigenvalue weighted by Gasteiger charge is -2.34. The molecule has 0 aliphatic carbocycles. The Hall–Kier alpha value is -3.37. The van der Waals surface area contributed by atoms with Gasteiger partial charge in [0.15, 0.2) is 17.3 Å². The molecule has 2 aliphatic heterocycles. The lowest BCUT2D eigenvalue weighted by molar-refractivity contribution is 0.171. The molecular formula is C24H26N4O5S. The number of nitrogens with zero attached hydrogens (tertiary/aromatic N) is 4. The summed E-state index contributed by atoms with van der Waals surface area (Å²) < 4.78 is 44.3. The van der Waals surface area contributed by atoms with Gasteiger partial charge in [0.1, 0.15) is 19.0 Å². The first-order valence-corrected chi connectivity index (χ1v) is 12.7. The van der Waals surface area contributed by atoms with E-state index in [0.29, 0.717) is 57.5 Å². The molecule has 1 saturated heterocycles. The van der Waals surface area contributed by atoms with Crippen molar-refractivity contribution < 1.29 is 22.6 Å². The maximum absolute atomic E-state index is 13.2. The Labute approximate surface area is 198 Å². The van der Waals surface area contributed by atoms with Gasteiger partial charge in [-0.3, -0.25) is 0 Å². The highest BCUT2D eigenvalue weighted by molar-refractivity contribution is 7.89. The van der Waals surface area contributed by atoms with Crippen LogP contribution < -0.4 is 19.1 Å². The van der Waals surface area contributed by atoms with Crippen LogP contribution in [-0.4, -0.2) is 68.9 Å². The molecule has 1 fully saturated rings. The molecule has 0 unspecified atom stereocenters. The number of aromatic nitrogens is 2. The van der Waals surface area contributed by atoms with Crippen LogP contribution in [0.25, 0.3) is 11.3 Å². The summed E-state index contributed by atoms with van der Waals surface area (Å²) in [6.45, 7) is 5.23. The Kier molecular flexibility index (Phi) is 6.25. The quantitative estimate of drug-likeness (QED) is 0.530. The molecule has 0 atom stereocenters. The smallest absolute Gasteiger partial charge is 0.243 e. The van der Waals surface area contributed by atoms with E-state index in [1.807, 2.05) is 48.2 Å². The number of hydrogen-bond acceptors (Lipinski definition) is 8. The van der Waals surface area contributed by atoms with Crippen LogP contribution in [0.1, 0.15) is 6.92 Å². The van der Waals surface area contributed by atoms with E-state index in [-0.39, 0.29) is 4.90 Å². The molecule has 10 heteroatoms. The maximum Gasteiger partial charge on any atom is 0.243 e. The van der Waals surface area contributed by atoms with Crippen molar-refractivity contribution in [3.63, 3.8) is 0 Å². The van der Waals surface area contributed by atoms with Gasteiger partial charge >= 0.3 is 0 Å². The van der Waals surface area contributed by atoms with Crippen LogP contribution in [-0.2, 0) is 10.0 Å². The summed E-state index contributed by atoms with van der Waals surface area (Å²) in [5.41, 5.74) is 1.73. The average Bonchev–Trinajstić information content (AvgIpc) is 2.89. The summed E-state index contributed by atoms with van der Waals surface area (Å²) in [7, 11) is -3.63. The number of fused-ring (bicyclic) bond motifs is 1. The van der Waals surface area contributed by atoms with E-state index in [9.17, 15) is 8.42 Å². The fourth-order valence-electron chi connectivity index (χ4n) is 4.03. The highest BCUT2D eigenvalue weighted by Crippen LogP contribution is 2.33. The van der Waals surface area contributed by atoms with Gasteiger partial charge in [0, 0.05) is 37.8 Å². The van der Waals surface area contributed by atoms with Crippen LogP contribution in [0.4, 0.5) is 5.82 Å². The average molecular weight is 483 g/mol. The molecule has 3 aromatic rings. The summed E-state index contributed by atoms with van der Waals surface area (Å²) in [5.74, 6) is 2.59. The molecule has 2 aliphatic rings. The SMILES string of the molecule is CCOc1ccc(-c2ccc(N3CCN(S(=O)(=O)c4ccc5c(c4)OCCO5)CC3)nn2)cc1. The molecule has 3 heterocycles. The van der Waals surface area contributed by atoms with E-state index >= 15 is 0 Å². The third kappa shape index (κ3) is 4.51. The molecule has 0 amide bonds. The molecule has 2 aromatic carbocycles. The number of rotatable bonds is 6. The van der Waals surface area contributed by atoms with Crippen molar-refractivity contribution in [3.8, 4) is 28.5 Å². The van der Waals surface area contributed by atoms with Crippen molar-refractivity contribution in [2.75, 3.05) is 50.9 Å². The Balaban J connectivity index is 1.23. The van der Waals surface area contributed by atoms with Crippen molar-refractivity contribution >= 4 is 15.8 Å². The number of hydrogen-bond donors (Lipinski definition) is 0. The Bertz CT molecular complexity index is 1240. The zero-order chi connectivity index (χ0) is 23.5. The predicted molar refractivity (Wildman–Crippen MR) is 127 cm³/mol. The minimum atomic E-state index is -3.63. The maximum atomic E-state index is 13.2. The van der Waals surface area contributed by atoms with E-state index in [2.05, 4.69) is 10.2 Å². The normalized spacial score (nSPS) is 16.3. The largest absolute Gasteiger partial charge is 0.494 e. The first-order valence-electron chi connectivity index (χ1n) is 11.3. The van der Waals surface area contributed by atoms with E-state index in [4.69, 9.17) is 14.2 Å². The molecule has 1 aromatic heterocycles. The summed E-state index contributed by atoms with van der Waals surface area (Å²) >= 11 is 0. The van der Waals surface area contributed by atoms with Gasteiger partial charge in [0.25, 0.3) is 0 Å². The molecule has 9 nitrogen and oxygen atoms in total. The zero-order valence-electron chi connectivity index (χ0n) is 18.9. The third-order valence-corrected chi connectivity index (χ3v) is 7.72. The highest BCUT2D eigenvalue weighted by atomic mass is 32.2. The van der Waals surface area contributed by atoms with Gasteiger partial charge in [0.05, 0.1) is 17.2 Å². The molecule has 178 valence electrons. The third-order valence-electron chi connectivity index (χ3n) is 5.83. The van der Waals surface area contributed by atoms with Crippen molar-refractivity contribution in [3.05, 3.63) is 54.6 Å². The van der Waals surface area contributed by atoms with E-state index in [1.165, 1.54) is 4.31 Å². The van der Waals surface area contributed by atoms with E-state index < -0.39 is 10.0 Å². The van der Waals surface area contributed by atoms with Crippen molar-refractivity contribution in [2.45, 2.75) is 11.8 Å². The molecule has 0 spiro atoms. The lowest BCUT2D eigenvalue weighted by Crippen LogP contribution is -2.49. The molecule has 34 heavy (non-hydrogen) atoms. The summed E-state index contributed by atoms with van der Waals surface area (Å²) in [5, 5.41) is 8.74. The van der Waals surface area contributed by atoms with Crippen LogP contribution in [0, 0.1) is 0 Å². The second kappa shape index (κ2) is 9.47. The van der Waals surface area contributed by atoms with E-state index in [1.54, 1.807) is 18.2 Å². The van der Waals surface area contributed by atoms with Crippen LogP contribution in [0.5, 0.6) is 17.2 Å². The van der Waals surface area contributed by atoms with Crippen LogP contribution >= 0.6 is 0 Å². The van der Waals surface area contributed by atoms with Gasteiger partial charge in [-0.05, 0) is 55.5 Å². The van der Waals surface area contributed by atoms with Crippen LogP contribution in [0.3, 0.4) is 0 Å². The van der Waals surface area contributed by atoms with Gasteiger partial charge in [-0.2, -0.15) is 4.31 Å². The molecule has 5 rings (SSSR count). The van der Waals surface area contributed by atoms with Gasteiger partial charge in [-0.25, -0.2) is 8.42 Å². The number of ether oxygens (including phenoxy) is 3. The number of sulfonamides is 1. The second-order valence-electron chi connectivity index (χ2n) is 7.93. The molecule has 0 N–H and O–H groups in total. The highest BCUT2D eigenvalue weighted by Gasteiger charge is 2.30. The lowest BCUT2D eigenvalue weighted by atomic mass is 10.1. The summed E-state index contributed by atoms with van der Waals surface area (Å²) in [6.07, 6.45) is 0. The minimum absolute atomic E-state index is 0.213. The predicted octanol–water partition coefficient (Wildman–Crippen LogP) is 2.82. The summed E-state index contributed by atoms with van der Waals surface area (Å²) in [6, 6.07) is 16.3. The molecule has 0 radical (unpaired) electrons. The van der Waals surface area contributed by atoms with E-state index in [0.717, 1.165) is 22.8 Å². The first kappa shape index (κ1) is 22.4. The van der Waals surface area contributed by atoms with Crippen LogP contribution in [0.15, 0.2) is 59.5 Å². The van der Waals surface area contributed by atoms with Crippen LogP contribution in [0.2, 0.25) is 0 Å². The van der Waals surface area contributed by atoms with Crippen molar-refractivity contribution in [1.29, 1.82) is 0 Å². The zero-order valence-corrected chi connectivity index (χ0v) is 19.7. The van der Waals surface area contributed by atoms with Gasteiger partial charge in [-0.1, -0.05) is 0 Å². The van der Waals surface area contributed by atoms with Crippen molar-refractivity contribution in [2.24, 2.45) is 0 Å². The Morgan fingerprint density at radius 3 is 2.29 bits per heavy atom. The standard InChI is InChI=1S/C24H26N4O5S/c1-2-31-19-5-3-18(4-6-19)21-8-10-24(26-25-21)27-11-13-28(14-12-27)34(29,30)20-7-9-22-23(17-20)33-16-15-32-22/h3-10,17H,2,11-16H2,1H3.